The van der Waals surface area contributed by atoms with E-state index < -0.39 is 16.1 Å². The lowest BCUT2D eigenvalue weighted by molar-refractivity contribution is -0.138. The van der Waals surface area contributed by atoms with E-state index in [1.54, 1.807) is 36.2 Å². The first kappa shape index (κ1) is 20.8. The molecule has 0 aromatic heterocycles. The summed E-state index contributed by atoms with van der Waals surface area (Å²) in [6.45, 7) is 2.41. The molecule has 1 amide bonds. The Labute approximate surface area is 161 Å². The topological polar surface area (TPSA) is 66.9 Å². The van der Waals surface area contributed by atoms with Gasteiger partial charge < -0.3 is 9.64 Å². The van der Waals surface area contributed by atoms with E-state index in [1.807, 2.05) is 37.3 Å². The van der Waals surface area contributed by atoms with Crippen LogP contribution in [0.5, 0.6) is 5.75 Å². The highest BCUT2D eigenvalue weighted by Crippen LogP contribution is 2.22. The summed E-state index contributed by atoms with van der Waals surface area (Å²) in [5, 5.41) is 0. The number of likely N-dealkylation sites (N-methyl/N-ethyl adjacent to an activating group) is 1. The Kier molecular flexibility index (Phi) is 6.85. The van der Waals surface area contributed by atoms with Crippen molar-refractivity contribution in [3.8, 4) is 5.75 Å². The lowest BCUT2D eigenvalue weighted by Crippen LogP contribution is -2.39. The fourth-order valence-electron chi connectivity index (χ4n) is 2.58. The molecule has 0 aliphatic rings. The number of rotatable bonds is 8. The normalized spacial score (nSPS) is 12.3. The number of carbonyl (C=O) groups excluding carboxylic acids is 1. The number of nitrogens with zero attached hydrogens (tertiary/aromatic N) is 2. The first-order valence-electron chi connectivity index (χ1n) is 8.72. The number of carbonyl (C=O) groups is 1. The predicted octanol–water partition coefficient (Wildman–Crippen LogP) is 2.90. The number of sulfonamides is 1. The predicted molar refractivity (Wildman–Crippen MR) is 107 cm³/mol. The van der Waals surface area contributed by atoms with Crippen molar-refractivity contribution >= 4 is 21.6 Å². The Morgan fingerprint density at radius 1 is 1.04 bits per heavy atom. The van der Waals surface area contributed by atoms with Crippen molar-refractivity contribution < 1.29 is 17.9 Å². The van der Waals surface area contributed by atoms with Crippen LogP contribution >= 0.6 is 0 Å². The SMILES string of the molecule is CCC(Oc1ccc(N(C)S(C)(=O)=O)cc1)C(=O)N(C)Cc1ccccc1. The maximum Gasteiger partial charge on any atom is 0.263 e. The molecule has 0 N–H and O–H groups in total. The monoisotopic (exact) mass is 390 g/mol. The van der Waals surface area contributed by atoms with Crippen molar-refractivity contribution in [3.63, 3.8) is 0 Å². The minimum absolute atomic E-state index is 0.0984. The van der Waals surface area contributed by atoms with Crippen molar-refractivity contribution in [2.24, 2.45) is 0 Å². The number of anilines is 1. The molecule has 0 radical (unpaired) electrons. The van der Waals surface area contributed by atoms with Gasteiger partial charge in [0.2, 0.25) is 10.0 Å². The van der Waals surface area contributed by atoms with E-state index in [1.165, 1.54) is 11.4 Å². The molecule has 0 spiro atoms. The molecule has 7 heteroatoms. The van der Waals surface area contributed by atoms with Crippen LogP contribution in [0.2, 0.25) is 0 Å². The highest BCUT2D eigenvalue weighted by Gasteiger charge is 2.22. The molecule has 27 heavy (non-hydrogen) atoms. The summed E-state index contributed by atoms with van der Waals surface area (Å²) < 4.78 is 30.2. The van der Waals surface area contributed by atoms with Crippen LogP contribution in [-0.4, -0.2) is 45.7 Å². The molecule has 0 saturated heterocycles. The summed E-state index contributed by atoms with van der Waals surface area (Å²) in [5.74, 6) is 0.424. The quantitative estimate of drug-likeness (QED) is 0.695. The van der Waals surface area contributed by atoms with E-state index in [4.69, 9.17) is 4.74 Å². The first-order chi connectivity index (χ1) is 12.7. The van der Waals surface area contributed by atoms with Gasteiger partial charge in [-0.05, 0) is 36.2 Å². The van der Waals surface area contributed by atoms with E-state index in [2.05, 4.69) is 0 Å². The van der Waals surface area contributed by atoms with Crippen LogP contribution in [0.25, 0.3) is 0 Å². The van der Waals surface area contributed by atoms with E-state index in [0.717, 1.165) is 11.8 Å². The minimum Gasteiger partial charge on any atom is -0.481 e. The van der Waals surface area contributed by atoms with Gasteiger partial charge in [-0.15, -0.1) is 0 Å². The van der Waals surface area contributed by atoms with Gasteiger partial charge >= 0.3 is 0 Å². The van der Waals surface area contributed by atoms with E-state index >= 15 is 0 Å². The fourth-order valence-corrected chi connectivity index (χ4v) is 3.08. The molecule has 6 nitrogen and oxygen atoms in total. The molecular weight excluding hydrogens is 364 g/mol. The van der Waals surface area contributed by atoms with Crippen LogP contribution in [0, 0.1) is 0 Å². The Bertz CT molecular complexity index is 851. The Hall–Kier alpha value is -2.54. The van der Waals surface area contributed by atoms with Gasteiger partial charge in [0.25, 0.3) is 5.91 Å². The van der Waals surface area contributed by atoms with Crippen LogP contribution in [-0.2, 0) is 21.4 Å². The van der Waals surface area contributed by atoms with Gasteiger partial charge in [0.1, 0.15) is 5.75 Å². The summed E-state index contributed by atoms with van der Waals surface area (Å²) >= 11 is 0. The highest BCUT2D eigenvalue weighted by atomic mass is 32.2. The van der Waals surface area contributed by atoms with Gasteiger partial charge in [0, 0.05) is 20.6 Å². The smallest absolute Gasteiger partial charge is 0.263 e. The number of benzene rings is 2. The van der Waals surface area contributed by atoms with Crippen molar-refractivity contribution in [3.05, 3.63) is 60.2 Å². The summed E-state index contributed by atoms with van der Waals surface area (Å²) in [5.41, 5.74) is 1.58. The molecule has 0 bridgehead atoms. The second-order valence-electron chi connectivity index (χ2n) is 6.42. The largest absolute Gasteiger partial charge is 0.481 e. The average Bonchev–Trinajstić information content (AvgIpc) is 2.65. The third kappa shape index (κ3) is 5.72. The van der Waals surface area contributed by atoms with Gasteiger partial charge in [-0.3, -0.25) is 9.10 Å². The molecule has 2 rings (SSSR count). The molecule has 146 valence electrons. The standard InChI is InChI=1S/C20H26N2O4S/c1-5-19(20(23)21(2)15-16-9-7-6-8-10-16)26-18-13-11-17(12-14-18)22(3)27(4,24)25/h6-14,19H,5,15H2,1-4H3. The van der Waals surface area contributed by atoms with Gasteiger partial charge in [-0.2, -0.15) is 0 Å². The van der Waals surface area contributed by atoms with Crippen LogP contribution in [0.3, 0.4) is 0 Å². The zero-order valence-corrected chi connectivity index (χ0v) is 16.9. The van der Waals surface area contributed by atoms with Crippen molar-refractivity contribution in [2.75, 3.05) is 24.7 Å². The molecule has 0 heterocycles. The second kappa shape index (κ2) is 8.90. The Balaban J connectivity index is 2.04. The number of amides is 1. The van der Waals surface area contributed by atoms with E-state index in [9.17, 15) is 13.2 Å². The van der Waals surface area contributed by atoms with Gasteiger partial charge in [-0.1, -0.05) is 37.3 Å². The lowest BCUT2D eigenvalue weighted by Gasteiger charge is -2.24. The molecule has 1 atom stereocenters. The molecule has 1 unspecified atom stereocenters. The first-order valence-corrected chi connectivity index (χ1v) is 10.6. The third-order valence-corrected chi connectivity index (χ3v) is 5.47. The van der Waals surface area contributed by atoms with Crippen LogP contribution in [0.1, 0.15) is 18.9 Å². The fraction of sp³-hybridized carbons (Fsp3) is 0.350. The molecule has 0 aliphatic carbocycles. The van der Waals surface area contributed by atoms with Crippen LogP contribution < -0.4 is 9.04 Å². The zero-order valence-electron chi connectivity index (χ0n) is 16.1. The number of hydrogen-bond donors (Lipinski definition) is 0. The Morgan fingerprint density at radius 2 is 1.63 bits per heavy atom. The van der Waals surface area contributed by atoms with Gasteiger partial charge in [-0.25, -0.2) is 8.42 Å². The van der Waals surface area contributed by atoms with E-state index in [0.29, 0.717) is 24.4 Å². The van der Waals surface area contributed by atoms with Gasteiger partial charge in [0.15, 0.2) is 6.10 Å². The van der Waals surface area contributed by atoms with E-state index in [-0.39, 0.29) is 5.91 Å². The average molecular weight is 391 g/mol. The van der Waals surface area contributed by atoms with Crippen molar-refractivity contribution in [2.45, 2.75) is 26.0 Å². The summed E-state index contributed by atoms with van der Waals surface area (Å²) in [4.78, 5) is 14.4. The minimum atomic E-state index is -3.32. The van der Waals surface area contributed by atoms with Crippen LogP contribution in [0.4, 0.5) is 5.69 Å². The maximum atomic E-state index is 12.7. The number of hydrogen-bond acceptors (Lipinski definition) is 4. The molecule has 2 aromatic rings. The molecular formula is C20H26N2O4S. The Morgan fingerprint density at radius 3 is 2.15 bits per heavy atom. The molecule has 0 aliphatic heterocycles. The molecule has 2 aromatic carbocycles. The second-order valence-corrected chi connectivity index (χ2v) is 8.43. The van der Waals surface area contributed by atoms with Gasteiger partial charge in [0.05, 0.1) is 11.9 Å². The highest BCUT2D eigenvalue weighted by molar-refractivity contribution is 7.92. The van der Waals surface area contributed by atoms with Crippen molar-refractivity contribution in [1.82, 2.24) is 4.90 Å². The van der Waals surface area contributed by atoms with Crippen molar-refractivity contribution in [1.29, 1.82) is 0 Å². The summed E-state index contributed by atoms with van der Waals surface area (Å²) in [7, 11) is -0.0755. The van der Waals surface area contributed by atoms with Crippen LogP contribution in [0.15, 0.2) is 54.6 Å². The summed E-state index contributed by atoms with van der Waals surface area (Å²) in [6, 6.07) is 16.4. The molecule has 0 fully saturated rings. The summed E-state index contributed by atoms with van der Waals surface area (Å²) in [6.07, 6.45) is 1.08. The molecule has 0 saturated carbocycles. The third-order valence-electron chi connectivity index (χ3n) is 4.26. The number of ether oxygens (including phenoxy) is 1. The zero-order chi connectivity index (χ0) is 20.0. The lowest BCUT2D eigenvalue weighted by atomic mass is 10.2. The maximum absolute atomic E-state index is 12.7.